The highest BCUT2D eigenvalue weighted by Crippen LogP contribution is 2.28. The van der Waals surface area contributed by atoms with Crippen molar-refractivity contribution in [1.82, 2.24) is 0 Å². The molecular weight excluding hydrogens is 334 g/mol. The number of hydrogen-bond acceptors (Lipinski definition) is 1. The summed E-state index contributed by atoms with van der Waals surface area (Å²) in [6, 6.07) is 6.55. The summed E-state index contributed by atoms with van der Waals surface area (Å²) in [5.74, 6) is 0. The molecule has 1 rings (SSSR count). The van der Waals surface area contributed by atoms with Crippen molar-refractivity contribution in [2.24, 2.45) is 0 Å². The van der Waals surface area contributed by atoms with Crippen LogP contribution in [0.3, 0.4) is 0 Å². The van der Waals surface area contributed by atoms with E-state index in [4.69, 9.17) is 11.6 Å². The summed E-state index contributed by atoms with van der Waals surface area (Å²) in [5, 5.41) is 4.45. The van der Waals surface area contributed by atoms with Gasteiger partial charge in [0.25, 0.3) is 0 Å². The van der Waals surface area contributed by atoms with Gasteiger partial charge in [-0.25, -0.2) is 0 Å². The van der Waals surface area contributed by atoms with E-state index in [0.717, 1.165) is 15.2 Å². The second kappa shape index (κ2) is 10.5. The van der Waals surface area contributed by atoms with Crippen LogP contribution in [-0.4, -0.2) is 6.04 Å². The molecule has 0 atom stereocenters. The lowest BCUT2D eigenvalue weighted by atomic mass is 10.0. The van der Waals surface area contributed by atoms with E-state index in [0.29, 0.717) is 6.04 Å². The zero-order chi connectivity index (χ0) is 14.8. The summed E-state index contributed by atoms with van der Waals surface area (Å²) in [4.78, 5) is 0. The van der Waals surface area contributed by atoms with Gasteiger partial charge in [0.1, 0.15) is 0 Å². The van der Waals surface area contributed by atoms with Gasteiger partial charge in [0.2, 0.25) is 0 Å². The molecule has 3 heteroatoms. The molecule has 0 spiro atoms. The summed E-state index contributed by atoms with van der Waals surface area (Å²) < 4.78 is 1.07. The van der Waals surface area contributed by atoms with Crippen molar-refractivity contribution in [3.63, 3.8) is 0 Å². The Bertz CT molecular complexity index is 371. The van der Waals surface area contributed by atoms with Gasteiger partial charge in [-0.2, -0.15) is 0 Å². The first kappa shape index (κ1) is 17.8. The second-order valence-electron chi connectivity index (χ2n) is 5.46. The van der Waals surface area contributed by atoms with Crippen LogP contribution in [0.4, 0.5) is 5.69 Å². The molecular formula is C17H27BrClN. The fourth-order valence-corrected chi connectivity index (χ4v) is 2.93. The molecule has 0 aliphatic heterocycles. The monoisotopic (exact) mass is 359 g/mol. The van der Waals surface area contributed by atoms with Crippen molar-refractivity contribution in [3.05, 3.63) is 27.7 Å². The lowest BCUT2D eigenvalue weighted by molar-refractivity contribution is 0.526. The Morgan fingerprint density at radius 3 is 2.20 bits per heavy atom. The first-order chi connectivity index (χ1) is 9.67. The lowest BCUT2D eigenvalue weighted by Crippen LogP contribution is -2.19. The number of hydrogen-bond donors (Lipinski definition) is 1. The Labute approximate surface area is 137 Å². The third-order valence-electron chi connectivity index (χ3n) is 3.60. The highest BCUT2D eigenvalue weighted by Gasteiger charge is 2.10. The van der Waals surface area contributed by atoms with E-state index in [9.17, 15) is 0 Å². The molecule has 1 aromatic carbocycles. The van der Waals surface area contributed by atoms with Crippen LogP contribution in [0.25, 0.3) is 0 Å². The first-order valence-corrected chi connectivity index (χ1v) is 9.06. The third kappa shape index (κ3) is 6.99. The number of anilines is 1. The molecule has 0 saturated carbocycles. The smallest absolute Gasteiger partial charge is 0.0638 e. The summed E-state index contributed by atoms with van der Waals surface area (Å²) in [6.07, 6.45) is 10.3. The largest absolute Gasteiger partial charge is 0.381 e. The van der Waals surface area contributed by atoms with Crippen molar-refractivity contribution in [1.29, 1.82) is 0 Å². The molecule has 0 saturated heterocycles. The fourth-order valence-electron chi connectivity index (χ4n) is 2.40. The van der Waals surface area contributed by atoms with E-state index in [1.807, 2.05) is 12.1 Å². The quantitative estimate of drug-likeness (QED) is 0.441. The Morgan fingerprint density at radius 2 is 1.65 bits per heavy atom. The molecule has 0 radical (unpaired) electrons. The summed E-state index contributed by atoms with van der Waals surface area (Å²) in [7, 11) is 0. The topological polar surface area (TPSA) is 12.0 Å². The van der Waals surface area contributed by atoms with E-state index in [1.165, 1.54) is 51.4 Å². The average Bonchev–Trinajstić information content (AvgIpc) is 2.43. The molecule has 0 unspecified atom stereocenters. The third-order valence-corrected chi connectivity index (χ3v) is 4.42. The predicted molar refractivity (Wildman–Crippen MR) is 94.8 cm³/mol. The van der Waals surface area contributed by atoms with Gasteiger partial charge >= 0.3 is 0 Å². The van der Waals surface area contributed by atoms with Gasteiger partial charge in [0, 0.05) is 10.5 Å². The highest BCUT2D eigenvalue weighted by molar-refractivity contribution is 9.10. The number of rotatable bonds is 10. The van der Waals surface area contributed by atoms with Crippen molar-refractivity contribution in [3.8, 4) is 0 Å². The molecule has 0 amide bonds. The van der Waals surface area contributed by atoms with Gasteiger partial charge < -0.3 is 5.32 Å². The minimum Gasteiger partial charge on any atom is -0.381 e. The summed E-state index contributed by atoms with van der Waals surface area (Å²) in [6.45, 7) is 4.51. The number of halogens is 2. The molecule has 1 N–H and O–H groups in total. The van der Waals surface area contributed by atoms with Crippen LogP contribution in [0.5, 0.6) is 0 Å². The number of nitrogens with one attached hydrogen (secondary N) is 1. The first-order valence-electron chi connectivity index (χ1n) is 7.89. The van der Waals surface area contributed by atoms with E-state index in [2.05, 4.69) is 41.2 Å². The Morgan fingerprint density at radius 1 is 1.05 bits per heavy atom. The standard InChI is InChI=1S/C17H27BrClN/c1-3-5-7-9-15(10-8-6-4-2)20-17-13-14(18)11-12-16(17)19/h11-13,15,20H,3-10H2,1-2H3. The Balaban J connectivity index is 2.58. The number of benzene rings is 1. The van der Waals surface area contributed by atoms with Crippen LogP contribution >= 0.6 is 27.5 Å². The molecule has 20 heavy (non-hydrogen) atoms. The van der Waals surface area contributed by atoms with E-state index in [1.54, 1.807) is 0 Å². The van der Waals surface area contributed by atoms with E-state index >= 15 is 0 Å². The van der Waals surface area contributed by atoms with Crippen LogP contribution in [0, 0.1) is 0 Å². The zero-order valence-corrected chi connectivity index (χ0v) is 15.1. The van der Waals surface area contributed by atoms with Gasteiger partial charge in [0.05, 0.1) is 10.7 Å². The minimum atomic E-state index is 0.542. The average molecular weight is 361 g/mol. The molecule has 1 nitrogen and oxygen atoms in total. The maximum absolute atomic E-state index is 6.28. The van der Waals surface area contributed by atoms with Gasteiger partial charge in [-0.15, -0.1) is 0 Å². The predicted octanol–water partition coefficient (Wildman–Crippen LogP) is 7.04. The molecule has 0 fully saturated rings. The molecule has 114 valence electrons. The SMILES string of the molecule is CCCCCC(CCCCC)Nc1cc(Br)ccc1Cl. The van der Waals surface area contributed by atoms with Crippen LogP contribution in [0.15, 0.2) is 22.7 Å². The maximum atomic E-state index is 6.28. The van der Waals surface area contributed by atoms with Crippen LogP contribution < -0.4 is 5.32 Å². The van der Waals surface area contributed by atoms with Crippen molar-refractivity contribution in [2.75, 3.05) is 5.32 Å². The molecule has 1 aromatic rings. The summed E-state index contributed by atoms with van der Waals surface area (Å²) >= 11 is 9.79. The Kier molecular flexibility index (Phi) is 9.37. The molecule has 0 heterocycles. The zero-order valence-electron chi connectivity index (χ0n) is 12.7. The van der Waals surface area contributed by atoms with Gasteiger partial charge in [-0.3, -0.25) is 0 Å². The van der Waals surface area contributed by atoms with Crippen LogP contribution in [0.1, 0.15) is 65.2 Å². The lowest BCUT2D eigenvalue weighted by Gasteiger charge is -2.21. The molecule has 0 aromatic heterocycles. The minimum absolute atomic E-state index is 0.542. The molecule has 0 aliphatic rings. The van der Waals surface area contributed by atoms with Gasteiger partial charge in [0.15, 0.2) is 0 Å². The molecule has 0 bridgehead atoms. The number of unbranched alkanes of at least 4 members (excludes halogenated alkanes) is 4. The molecule has 0 aliphatic carbocycles. The van der Waals surface area contributed by atoms with Crippen LogP contribution in [0.2, 0.25) is 5.02 Å². The normalized spacial score (nSPS) is 11.1. The Hall–Kier alpha value is -0.210. The van der Waals surface area contributed by atoms with Crippen molar-refractivity contribution < 1.29 is 0 Å². The van der Waals surface area contributed by atoms with E-state index in [-0.39, 0.29) is 0 Å². The van der Waals surface area contributed by atoms with Crippen LogP contribution in [-0.2, 0) is 0 Å². The second-order valence-corrected chi connectivity index (χ2v) is 6.78. The van der Waals surface area contributed by atoms with Gasteiger partial charge in [-0.1, -0.05) is 79.9 Å². The summed E-state index contributed by atoms with van der Waals surface area (Å²) in [5.41, 5.74) is 1.05. The fraction of sp³-hybridized carbons (Fsp3) is 0.647. The maximum Gasteiger partial charge on any atom is 0.0638 e. The van der Waals surface area contributed by atoms with Gasteiger partial charge in [-0.05, 0) is 31.0 Å². The van der Waals surface area contributed by atoms with Crippen molar-refractivity contribution in [2.45, 2.75) is 71.3 Å². The van der Waals surface area contributed by atoms with Crippen molar-refractivity contribution >= 4 is 33.2 Å². The van der Waals surface area contributed by atoms with E-state index < -0.39 is 0 Å². The highest BCUT2D eigenvalue weighted by atomic mass is 79.9.